The van der Waals surface area contributed by atoms with Crippen LogP contribution in [0.15, 0.2) is 42.5 Å². The summed E-state index contributed by atoms with van der Waals surface area (Å²) >= 11 is 5.89. The van der Waals surface area contributed by atoms with Crippen LogP contribution < -0.4 is 9.47 Å². The lowest BCUT2D eigenvalue weighted by atomic mass is 9.96. The molecule has 2 heterocycles. The number of hydrogen-bond donors (Lipinski definition) is 0. The molecule has 2 aromatic carbocycles. The van der Waals surface area contributed by atoms with Gasteiger partial charge in [0, 0.05) is 5.02 Å². The van der Waals surface area contributed by atoms with Crippen LogP contribution in [0.4, 0.5) is 0 Å². The molecule has 2 aromatic rings. The summed E-state index contributed by atoms with van der Waals surface area (Å²) in [5, 5.41) is 0.540. The smallest absolute Gasteiger partial charge is 0.347 e. The zero-order valence-electron chi connectivity index (χ0n) is 12.4. The first-order valence-corrected chi connectivity index (χ1v) is 7.68. The first-order valence-electron chi connectivity index (χ1n) is 7.30. The topological polar surface area (TPSA) is 61.8 Å². The summed E-state index contributed by atoms with van der Waals surface area (Å²) in [7, 11) is 0. The molecule has 0 spiro atoms. The monoisotopic (exact) mass is 342 g/mol. The quantitative estimate of drug-likeness (QED) is 0.620. The summed E-state index contributed by atoms with van der Waals surface area (Å²) in [6.45, 7) is 0.911. The number of benzene rings is 2. The van der Waals surface area contributed by atoms with Gasteiger partial charge in [-0.3, -0.25) is 0 Å². The van der Waals surface area contributed by atoms with Crippen LogP contribution in [0.5, 0.6) is 11.5 Å². The molecule has 4 rings (SSSR count). The maximum atomic E-state index is 12.2. The second kappa shape index (κ2) is 5.69. The zero-order valence-corrected chi connectivity index (χ0v) is 13.1. The molecular weight excluding hydrogens is 332 g/mol. The molecule has 0 unspecified atom stereocenters. The van der Waals surface area contributed by atoms with Gasteiger partial charge in [-0.2, -0.15) is 0 Å². The number of carbonyl (C=O) groups is 2. The van der Waals surface area contributed by atoms with Crippen molar-refractivity contribution in [3.63, 3.8) is 0 Å². The number of hydrogen-bond acceptors (Lipinski definition) is 5. The Morgan fingerprint density at radius 2 is 1.33 bits per heavy atom. The Morgan fingerprint density at radius 1 is 0.750 bits per heavy atom. The van der Waals surface area contributed by atoms with Crippen LogP contribution in [-0.4, -0.2) is 25.2 Å². The normalized spacial score (nSPS) is 16.4. The third-order valence-corrected chi connectivity index (χ3v) is 4.06. The molecule has 0 aliphatic carbocycles. The van der Waals surface area contributed by atoms with Gasteiger partial charge in [0.25, 0.3) is 0 Å². The molecule has 0 saturated heterocycles. The standard InChI is InChI=1S/C18H11ClO5/c19-12-4-1-10(2-5-12)15-16(18(21)24-17(15)20)11-3-6-13-14(9-11)23-8-7-22-13/h1-6,9H,7-8H2. The van der Waals surface area contributed by atoms with Gasteiger partial charge in [-0.05, 0) is 35.4 Å². The molecule has 5 nitrogen and oxygen atoms in total. The van der Waals surface area contributed by atoms with E-state index >= 15 is 0 Å². The van der Waals surface area contributed by atoms with Crippen molar-refractivity contribution in [3.8, 4) is 11.5 Å². The summed E-state index contributed by atoms with van der Waals surface area (Å²) in [4.78, 5) is 24.4. The number of fused-ring (bicyclic) bond motifs is 1. The second-order valence-electron chi connectivity index (χ2n) is 5.29. The highest BCUT2D eigenvalue weighted by atomic mass is 35.5. The predicted octanol–water partition coefficient (Wildman–Crippen LogP) is 3.11. The maximum absolute atomic E-state index is 12.2. The van der Waals surface area contributed by atoms with Gasteiger partial charge in [-0.1, -0.05) is 29.8 Å². The fraction of sp³-hybridized carbons (Fsp3) is 0.111. The second-order valence-corrected chi connectivity index (χ2v) is 5.73. The van der Waals surface area contributed by atoms with Crippen LogP contribution in [0.3, 0.4) is 0 Å². The highest BCUT2D eigenvalue weighted by Crippen LogP contribution is 2.38. The third kappa shape index (κ3) is 2.43. The SMILES string of the molecule is O=C1OC(=O)C(c2ccc3c(c2)OCCO3)=C1c1ccc(Cl)cc1. The van der Waals surface area contributed by atoms with Crippen molar-refractivity contribution in [2.75, 3.05) is 13.2 Å². The van der Waals surface area contributed by atoms with Gasteiger partial charge in [0.2, 0.25) is 0 Å². The van der Waals surface area contributed by atoms with Crippen molar-refractivity contribution in [2.45, 2.75) is 0 Å². The number of carbonyl (C=O) groups excluding carboxylic acids is 2. The van der Waals surface area contributed by atoms with Crippen LogP contribution in [-0.2, 0) is 14.3 Å². The highest BCUT2D eigenvalue weighted by Gasteiger charge is 2.35. The Hall–Kier alpha value is -2.79. The number of halogens is 1. The van der Waals surface area contributed by atoms with Gasteiger partial charge in [0.1, 0.15) is 13.2 Å². The molecule has 0 radical (unpaired) electrons. The van der Waals surface area contributed by atoms with Gasteiger partial charge in [-0.25, -0.2) is 9.59 Å². The first-order chi connectivity index (χ1) is 11.6. The van der Waals surface area contributed by atoms with E-state index in [2.05, 4.69) is 0 Å². The van der Waals surface area contributed by atoms with E-state index in [1.807, 2.05) is 0 Å². The van der Waals surface area contributed by atoms with E-state index in [1.54, 1.807) is 42.5 Å². The molecule has 0 bridgehead atoms. The van der Waals surface area contributed by atoms with E-state index in [9.17, 15) is 9.59 Å². The van der Waals surface area contributed by atoms with Crippen LogP contribution in [0.25, 0.3) is 11.1 Å². The number of cyclic esters (lactones) is 2. The first kappa shape index (κ1) is 14.8. The third-order valence-electron chi connectivity index (χ3n) is 3.81. The Labute approximate surface area is 142 Å². The summed E-state index contributed by atoms with van der Waals surface area (Å²) in [6.07, 6.45) is 0. The fourth-order valence-electron chi connectivity index (χ4n) is 2.73. The predicted molar refractivity (Wildman–Crippen MR) is 86.8 cm³/mol. The molecule has 0 atom stereocenters. The Morgan fingerprint density at radius 3 is 2.04 bits per heavy atom. The van der Waals surface area contributed by atoms with Crippen molar-refractivity contribution < 1.29 is 23.8 Å². The lowest BCUT2D eigenvalue weighted by molar-refractivity contribution is -0.149. The summed E-state index contributed by atoms with van der Waals surface area (Å²) in [5.74, 6) is -0.209. The van der Waals surface area contributed by atoms with Crippen molar-refractivity contribution in [1.29, 1.82) is 0 Å². The molecule has 0 aromatic heterocycles. The van der Waals surface area contributed by atoms with Crippen LogP contribution in [0.2, 0.25) is 5.02 Å². The molecule has 0 amide bonds. The molecule has 2 aliphatic rings. The van der Waals surface area contributed by atoms with E-state index in [0.717, 1.165) is 0 Å². The Balaban J connectivity index is 1.87. The van der Waals surface area contributed by atoms with E-state index < -0.39 is 11.9 Å². The van der Waals surface area contributed by atoms with Crippen LogP contribution >= 0.6 is 11.6 Å². The van der Waals surface area contributed by atoms with Crippen molar-refractivity contribution in [1.82, 2.24) is 0 Å². The Kier molecular flexibility index (Phi) is 3.50. The number of esters is 2. The van der Waals surface area contributed by atoms with E-state index in [0.29, 0.717) is 40.9 Å². The van der Waals surface area contributed by atoms with Crippen molar-refractivity contribution in [2.24, 2.45) is 0 Å². The summed E-state index contributed by atoms with van der Waals surface area (Å²) < 4.78 is 15.8. The maximum Gasteiger partial charge on any atom is 0.347 e. The molecular formula is C18H11ClO5. The van der Waals surface area contributed by atoms with Gasteiger partial charge in [-0.15, -0.1) is 0 Å². The van der Waals surface area contributed by atoms with E-state index in [4.69, 9.17) is 25.8 Å². The fourth-order valence-corrected chi connectivity index (χ4v) is 2.86. The molecule has 6 heteroatoms. The summed E-state index contributed by atoms with van der Waals surface area (Å²) in [5.41, 5.74) is 1.54. The molecule has 120 valence electrons. The average Bonchev–Trinajstić information content (AvgIpc) is 2.89. The lowest BCUT2D eigenvalue weighted by Gasteiger charge is -2.18. The summed E-state index contributed by atoms with van der Waals surface area (Å²) in [6, 6.07) is 11.8. The van der Waals surface area contributed by atoms with Crippen LogP contribution in [0.1, 0.15) is 11.1 Å². The molecule has 24 heavy (non-hydrogen) atoms. The minimum absolute atomic E-state index is 0.208. The molecule has 2 aliphatic heterocycles. The van der Waals surface area contributed by atoms with Gasteiger partial charge in [0.15, 0.2) is 11.5 Å². The zero-order chi connectivity index (χ0) is 16.7. The molecule has 0 N–H and O–H groups in total. The largest absolute Gasteiger partial charge is 0.486 e. The number of rotatable bonds is 2. The van der Waals surface area contributed by atoms with Gasteiger partial charge in [0.05, 0.1) is 11.1 Å². The van der Waals surface area contributed by atoms with Crippen LogP contribution in [0, 0.1) is 0 Å². The minimum atomic E-state index is -0.679. The molecule has 0 saturated carbocycles. The minimum Gasteiger partial charge on any atom is -0.486 e. The van der Waals surface area contributed by atoms with Gasteiger partial charge < -0.3 is 14.2 Å². The lowest BCUT2D eigenvalue weighted by Crippen LogP contribution is -2.15. The van der Waals surface area contributed by atoms with E-state index in [-0.39, 0.29) is 11.1 Å². The van der Waals surface area contributed by atoms with Crippen molar-refractivity contribution in [3.05, 3.63) is 58.6 Å². The van der Waals surface area contributed by atoms with Gasteiger partial charge >= 0.3 is 11.9 Å². The highest BCUT2D eigenvalue weighted by molar-refractivity contribution is 6.45. The average molecular weight is 343 g/mol. The molecule has 0 fully saturated rings. The van der Waals surface area contributed by atoms with Crippen molar-refractivity contribution >= 4 is 34.7 Å². The van der Waals surface area contributed by atoms with E-state index in [1.165, 1.54) is 0 Å². The number of ether oxygens (including phenoxy) is 3. The Bertz CT molecular complexity index is 883.